The third-order valence-corrected chi connectivity index (χ3v) is 4.10. The smallest absolute Gasteiger partial charge is 0.0470 e. The number of hydrogen-bond donors (Lipinski definition) is 1. The summed E-state index contributed by atoms with van der Waals surface area (Å²) in [6, 6.07) is 10.6. The van der Waals surface area contributed by atoms with Gasteiger partial charge in [0.25, 0.3) is 0 Å². The van der Waals surface area contributed by atoms with Gasteiger partial charge in [0.2, 0.25) is 0 Å². The van der Waals surface area contributed by atoms with E-state index in [1.165, 1.54) is 11.3 Å². The second-order valence-electron chi connectivity index (χ2n) is 3.71. The Bertz CT molecular complexity index is 264. The summed E-state index contributed by atoms with van der Waals surface area (Å²) in [6.45, 7) is 0.865. The van der Waals surface area contributed by atoms with Gasteiger partial charge < -0.3 is 4.74 Å². The number of rotatable bonds is 8. The topological polar surface area (TPSA) is 9.23 Å². The second kappa shape index (κ2) is 8.97. The minimum atomic E-state index is 0.567. The Morgan fingerprint density at radius 1 is 1.31 bits per heavy atom. The van der Waals surface area contributed by atoms with E-state index in [0.29, 0.717) is 5.92 Å². The molecule has 0 heterocycles. The average molecular weight is 256 g/mol. The highest BCUT2D eigenvalue weighted by Gasteiger charge is 2.08. The zero-order valence-corrected chi connectivity index (χ0v) is 11.5. The molecule has 1 unspecified atom stereocenters. The lowest BCUT2D eigenvalue weighted by molar-refractivity contribution is 0.200. The van der Waals surface area contributed by atoms with Gasteiger partial charge in [0.15, 0.2) is 0 Å². The summed E-state index contributed by atoms with van der Waals surface area (Å²) >= 11 is 6.42. The van der Waals surface area contributed by atoms with Gasteiger partial charge in [-0.25, -0.2) is 0 Å². The highest BCUT2D eigenvalue weighted by atomic mass is 32.2. The SMILES string of the molecule is COCCCSCC(CS)c1ccccc1. The standard InChI is InChI=1S/C13H20OS2/c1-14-8-5-9-16-11-13(10-15)12-6-3-2-4-7-12/h2-4,6-7,13,15H,5,8-11H2,1H3. The molecule has 0 fully saturated rings. The zero-order chi connectivity index (χ0) is 11.6. The highest BCUT2D eigenvalue weighted by Crippen LogP contribution is 2.22. The molecule has 1 rings (SSSR count). The van der Waals surface area contributed by atoms with Crippen molar-refractivity contribution >= 4 is 24.4 Å². The van der Waals surface area contributed by atoms with Crippen molar-refractivity contribution in [3.8, 4) is 0 Å². The largest absolute Gasteiger partial charge is 0.385 e. The summed E-state index contributed by atoms with van der Waals surface area (Å²) in [6.07, 6.45) is 1.13. The van der Waals surface area contributed by atoms with Gasteiger partial charge in [-0.1, -0.05) is 30.3 Å². The van der Waals surface area contributed by atoms with Crippen LogP contribution in [0.15, 0.2) is 30.3 Å². The normalized spacial score (nSPS) is 12.6. The Morgan fingerprint density at radius 2 is 2.06 bits per heavy atom. The fourth-order valence-corrected chi connectivity index (χ4v) is 3.11. The molecule has 0 aromatic heterocycles. The van der Waals surface area contributed by atoms with Gasteiger partial charge in [0, 0.05) is 25.4 Å². The van der Waals surface area contributed by atoms with Crippen LogP contribution in [0, 0.1) is 0 Å². The molecule has 0 bridgehead atoms. The number of methoxy groups -OCH3 is 1. The molecular formula is C13H20OS2. The molecule has 1 atom stereocenters. The predicted octanol–water partition coefficient (Wildman–Crippen LogP) is 3.47. The van der Waals surface area contributed by atoms with Crippen LogP contribution in [0.5, 0.6) is 0 Å². The van der Waals surface area contributed by atoms with Crippen molar-refractivity contribution in [2.45, 2.75) is 12.3 Å². The van der Waals surface area contributed by atoms with E-state index in [2.05, 4.69) is 43.0 Å². The molecule has 0 radical (unpaired) electrons. The van der Waals surface area contributed by atoms with Crippen molar-refractivity contribution in [2.24, 2.45) is 0 Å². The minimum absolute atomic E-state index is 0.567. The molecule has 3 heteroatoms. The van der Waals surface area contributed by atoms with Crippen molar-refractivity contribution in [1.82, 2.24) is 0 Å². The van der Waals surface area contributed by atoms with Gasteiger partial charge in [0.05, 0.1) is 0 Å². The molecule has 16 heavy (non-hydrogen) atoms. The van der Waals surface area contributed by atoms with Gasteiger partial charge in [0.1, 0.15) is 0 Å². The van der Waals surface area contributed by atoms with Crippen molar-refractivity contribution in [1.29, 1.82) is 0 Å². The van der Waals surface area contributed by atoms with Gasteiger partial charge in [-0.15, -0.1) is 0 Å². The number of ether oxygens (including phenoxy) is 1. The highest BCUT2D eigenvalue weighted by molar-refractivity contribution is 7.99. The monoisotopic (exact) mass is 256 g/mol. The van der Waals surface area contributed by atoms with Gasteiger partial charge >= 0.3 is 0 Å². The van der Waals surface area contributed by atoms with E-state index < -0.39 is 0 Å². The molecule has 0 amide bonds. The van der Waals surface area contributed by atoms with E-state index in [1.807, 2.05) is 11.8 Å². The first-order valence-electron chi connectivity index (χ1n) is 5.61. The van der Waals surface area contributed by atoms with Gasteiger partial charge in [-0.3, -0.25) is 0 Å². The number of thiol groups is 1. The number of benzene rings is 1. The summed E-state index contributed by atoms with van der Waals surface area (Å²) in [7, 11) is 1.76. The Morgan fingerprint density at radius 3 is 2.69 bits per heavy atom. The Balaban J connectivity index is 2.27. The van der Waals surface area contributed by atoms with Crippen LogP contribution >= 0.6 is 24.4 Å². The van der Waals surface area contributed by atoms with E-state index in [1.54, 1.807) is 7.11 Å². The van der Waals surface area contributed by atoms with Crippen LogP contribution in [-0.2, 0) is 4.74 Å². The minimum Gasteiger partial charge on any atom is -0.385 e. The molecule has 1 aromatic carbocycles. The first-order chi connectivity index (χ1) is 7.88. The molecule has 0 aliphatic carbocycles. The quantitative estimate of drug-likeness (QED) is 0.563. The fourth-order valence-electron chi connectivity index (χ4n) is 1.51. The summed E-state index contributed by atoms with van der Waals surface area (Å²) in [5, 5.41) is 0. The van der Waals surface area contributed by atoms with Crippen LogP contribution in [0.4, 0.5) is 0 Å². The average Bonchev–Trinajstić information content (AvgIpc) is 2.35. The Hall–Kier alpha value is -0.120. The molecule has 1 nitrogen and oxygen atoms in total. The molecule has 90 valence electrons. The molecule has 0 saturated carbocycles. The van der Waals surface area contributed by atoms with E-state index in [9.17, 15) is 0 Å². The molecular weight excluding hydrogens is 236 g/mol. The number of thioether (sulfide) groups is 1. The molecule has 0 N–H and O–H groups in total. The van der Waals surface area contributed by atoms with Crippen LogP contribution < -0.4 is 0 Å². The molecule has 0 aliphatic heterocycles. The van der Waals surface area contributed by atoms with Crippen molar-refractivity contribution in [2.75, 3.05) is 31.0 Å². The molecule has 1 aromatic rings. The predicted molar refractivity (Wildman–Crippen MR) is 76.9 cm³/mol. The first-order valence-corrected chi connectivity index (χ1v) is 7.39. The van der Waals surface area contributed by atoms with Crippen molar-refractivity contribution in [3.05, 3.63) is 35.9 Å². The van der Waals surface area contributed by atoms with Crippen LogP contribution in [0.3, 0.4) is 0 Å². The molecule has 0 spiro atoms. The van der Waals surface area contributed by atoms with Crippen LogP contribution in [0.25, 0.3) is 0 Å². The van der Waals surface area contributed by atoms with E-state index >= 15 is 0 Å². The van der Waals surface area contributed by atoms with Crippen LogP contribution in [-0.4, -0.2) is 31.0 Å². The Kier molecular flexibility index (Phi) is 7.81. The summed E-state index contributed by atoms with van der Waals surface area (Å²) in [5.41, 5.74) is 1.40. The van der Waals surface area contributed by atoms with Crippen molar-refractivity contribution in [3.63, 3.8) is 0 Å². The van der Waals surface area contributed by atoms with Gasteiger partial charge in [-0.2, -0.15) is 24.4 Å². The maximum absolute atomic E-state index is 5.03. The molecule has 0 saturated heterocycles. The van der Waals surface area contributed by atoms with Crippen LogP contribution in [0.1, 0.15) is 17.9 Å². The van der Waals surface area contributed by atoms with E-state index in [4.69, 9.17) is 4.74 Å². The maximum Gasteiger partial charge on any atom is 0.0470 e. The second-order valence-corrected chi connectivity index (χ2v) is 5.23. The maximum atomic E-state index is 5.03. The molecule has 0 aliphatic rings. The third-order valence-electron chi connectivity index (χ3n) is 2.45. The lowest BCUT2D eigenvalue weighted by Gasteiger charge is -2.14. The van der Waals surface area contributed by atoms with E-state index in [-0.39, 0.29) is 0 Å². The lowest BCUT2D eigenvalue weighted by Crippen LogP contribution is -2.04. The van der Waals surface area contributed by atoms with Crippen LogP contribution in [0.2, 0.25) is 0 Å². The zero-order valence-electron chi connectivity index (χ0n) is 9.76. The number of hydrogen-bond acceptors (Lipinski definition) is 3. The summed E-state index contributed by atoms with van der Waals surface area (Å²) < 4.78 is 5.03. The van der Waals surface area contributed by atoms with Crippen molar-refractivity contribution < 1.29 is 4.74 Å². The first kappa shape index (κ1) is 13.9. The Labute approximate surface area is 108 Å². The lowest BCUT2D eigenvalue weighted by atomic mass is 10.0. The fraction of sp³-hybridized carbons (Fsp3) is 0.538. The summed E-state index contributed by atoms with van der Waals surface area (Å²) in [5.74, 6) is 3.81. The van der Waals surface area contributed by atoms with Gasteiger partial charge in [-0.05, 0) is 23.5 Å². The van der Waals surface area contributed by atoms with E-state index in [0.717, 1.165) is 24.5 Å². The summed E-state index contributed by atoms with van der Waals surface area (Å²) in [4.78, 5) is 0. The third kappa shape index (κ3) is 5.28.